The third-order valence-electron chi connectivity index (χ3n) is 4.50. The lowest BCUT2D eigenvalue weighted by molar-refractivity contribution is -0.155. The number of nitrogens with one attached hydrogen (secondary N) is 2. The number of hydrogen-bond donors (Lipinski definition) is 3. The molecule has 4 N–H and O–H groups in total. The summed E-state index contributed by atoms with van der Waals surface area (Å²) in [6.07, 6.45) is 0.805. The Kier molecular flexibility index (Phi) is 6.19. The minimum absolute atomic E-state index is 0.157. The van der Waals surface area contributed by atoms with Gasteiger partial charge in [0.2, 0.25) is 0 Å². The number of hydrogen-bond acceptors (Lipinski definition) is 4. The van der Waals surface area contributed by atoms with Crippen LogP contribution < -0.4 is 11.1 Å². The van der Waals surface area contributed by atoms with Crippen molar-refractivity contribution in [3.8, 4) is 0 Å². The molecule has 2 aromatic carbocycles. The fourth-order valence-corrected chi connectivity index (χ4v) is 3.13. The summed E-state index contributed by atoms with van der Waals surface area (Å²) in [5.74, 6) is -2.06. The van der Waals surface area contributed by atoms with Crippen molar-refractivity contribution in [1.82, 2.24) is 10.3 Å². The van der Waals surface area contributed by atoms with Crippen LogP contribution in [-0.2, 0) is 20.7 Å². The summed E-state index contributed by atoms with van der Waals surface area (Å²) in [6, 6.07) is 13.0. The van der Waals surface area contributed by atoms with Gasteiger partial charge in [0, 0.05) is 23.5 Å². The Bertz CT molecular complexity index is 1060. The number of benzene rings is 2. The number of ether oxygens (including phenoxy) is 1. The Morgan fingerprint density at radius 1 is 1.14 bits per heavy atom. The summed E-state index contributed by atoms with van der Waals surface area (Å²) in [7, 11) is 0. The van der Waals surface area contributed by atoms with E-state index in [4.69, 9.17) is 22.1 Å². The van der Waals surface area contributed by atoms with Crippen molar-refractivity contribution in [2.45, 2.75) is 25.5 Å². The summed E-state index contributed by atoms with van der Waals surface area (Å²) in [4.78, 5) is 39.8. The van der Waals surface area contributed by atoms with E-state index in [9.17, 15) is 14.4 Å². The first kappa shape index (κ1) is 20.4. The highest BCUT2D eigenvalue weighted by atomic mass is 35.5. The highest BCUT2D eigenvalue weighted by Crippen LogP contribution is 2.20. The maximum atomic E-state index is 12.7. The highest BCUT2D eigenvalue weighted by Gasteiger charge is 2.27. The number of primary amides is 1. The molecule has 0 radical (unpaired) electrons. The van der Waals surface area contributed by atoms with Crippen molar-refractivity contribution >= 4 is 40.3 Å². The Hall–Kier alpha value is -3.32. The molecule has 1 heterocycles. The Morgan fingerprint density at radius 2 is 1.83 bits per heavy atom. The van der Waals surface area contributed by atoms with E-state index < -0.39 is 29.9 Å². The fraction of sp³-hybridized carbons (Fsp3) is 0.190. The minimum atomic E-state index is -1.12. The standard InChI is InChI=1S/C21H20ClN3O4/c1-12(19(23)26)29-21(28)18(25-20(27)15-7-2-4-8-16(15)22)10-13-11-24-17-9-5-3-6-14(13)17/h2-9,11-12,18,24H,10H2,1H3,(H2,23,26)(H,25,27)/t12-,18-/m1/s1. The SMILES string of the molecule is C[C@@H](OC(=O)[C@@H](Cc1c[nH]c2ccccc12)NC(=O)c1ccccc1Cl)C(N)=O. The van der Waals surface area contributed by atoms with Crippen LogP contribution in [0.2, 0.25) is 5.02 Å². The molecule has 7 nitrogen and oxygen atoms in total. The van der Waals surface area contributed by atoms with Gasteiger partial charge < -0.3 is 20.8 Å². The zero-order chi connectivity index (χ0) is 21.0. The van der Waals surface area contributed by atoms with Crippen LogP contribution in [0.5, 0.6) is 0 Å². The van der Waals surface area contributed by atoms with Gasteiger partial charge in [-0.1, -0.05) is 41.9 Å². The van der Waals surface area contributed by atoms with Gasteiger partial charge in [0.25, 0.3) is 11.8 Å². The first-order valence-corrected chi connectivity index (χ1v) is 9.35. The molecule has 0 bridgehead atoms. The topological polar surface area (TPSA) is 114 Å². The molecule has 2 amide bonds. The lowest BCUT2D eigenvalue weighted by Crippen LogP contribution is -2.45. The normalized spacial score (nSPS) is 12.9. The average Bonchev–Trinajstić information content (AvgIpc) is 3.10. The summed E-state index contributed by atoms with van der Waals surface area (Å²) in [5.41, 5.74) is 7.13. The van der Waals surface area contributed by atoms with Crippen molar-refractivity contribution in [2.75, 3.05) is 0 Å². The van der Waals surface area contributed by atoms with Crippen LogP contribution in [0.4, 0.5) is 0 Å². The molecule has 0 saturated heterocycles. The predicted molar refractivity (Wildman–Crippen MR) is 109 cm³/mol. The second kappa shape index (κ2) is 8.79. The van der Waals surface area contributed by atoms with E-state index >= 15 is 0 Å². The van der Waals surface area contributed by atoms with Crippen molar-refractivity contribution in [1.29, 1.82) is 0 Å². The van der Waals surface area contributed by atoms with E-state index in [-0.39, 0.29) is 17.0 Å². The lowest BCUT2D eigenvalue weighted by Gasteiger charge is -2.19. The predicted octanol–water partition coefficient (Wildman–Crippen LogP) is 2.58. The molecule has 150 valence electrons. The van der Waals surface area contributed by atoms with E-state index in [0.717, 1.165) is 16.5 Å². The van der Waals surface area contributed by atoms with Gasteiger partial charge in [0.15, 0.2) is 6.10 Å². The first-order valence-electron chi connectivity index (χ1n) is 8.97. The van der Waals surface area contributed by atoms with Crippen LogP contribution in [0, 0.1) is 0 Å². The molecule has 0 aliphatic carbocycles. The summed E-state index contributed by atoms with van der Waals surface area (Å²) in [5, 5.41) is 3.83. The number of halogens is 1. The van der Waals surface area contributed by atoms with Crippen LogP contribution in [0.15, 0.2) is 54.7 Å². The maximum absolute atomic E-state index is 12.7. The number of rotatable bonds is 7. The van der Waals surface area contributed by atoms with Gasteiger partial charge in [0.05, 0.1) is 10.6 Å². The van der Waals surface area contributed by atoms with Gasteiger partial charge in [0.1, 0.15) is 6.04 Å². The molecule has 0 unspecified atom stereocenters. The second-order valence-electron chi connectivity index (χ2n) is 6.55. The zero-order valence-corrected chi connectivity index (χ0v) is 16.4. The van der Waals surface area contributed by atoms with E-state index in [2.05, 4.69) is 10.3 Å². The van der Waals surface area contributed by atoms with E-state index in [1.807, 2.05) is 24.3 Å². The van der Waals surface area contributed by atoms with Crippen LogP contribution in [0.25, 0.3) is 10.9 Å². The number of fused-ring (bicyclic) bond motifs is 1. The Labute approximate surface area is 172 Å². The third kappa shape index (κ3) is 4.75. The monoisotopic (exact) mass is 413 g/mol. The number of carbonyl (C=O) groups is 3. The molecule has 0 saturated carbocycles. The molecule has 1 aromatic heterocycles. The van der Waals surface area contributed by atoms with Crippen molar-refractivity contribution in [2.24, 2.45) is 5.73 Å². The number of esters is 1. The van der Waals surface area contributed by atoms with E-state index in [1.54, 1.807) is 30.5 Å². The molecule has 0 aliphatic heterocycles. The summed E-state index contributed by atoms with van der Waals surface area (Å²) < 4.78 is 5.13. The molecule has 3 aromatic rings. The largest absolute Gasteiger partial charge is 0.451 e. The van der Waals surface area contributed by atoms with Crippen LogP contribution in [-0.4, -0.2) is 34.9 Å². The van der Waals surface area contributed by atoms with Crippen molar-refractivity contribution in [3.63, 3.8) is 0 Å². The zero-order valence-electron chi connectivity index (χ0n) is 15.6. The number of H-pyrrole nitrogens is 1. The number of aromatic nitrogens is 1. The molecule has 2 atom stereocenters. The number of aromatic amines is 1. The molecule has 8 heteroatoms. The van der Waals surface area contributed by atoms with Gasteiger partial charge in [-0.15, -0.1) is 0 Å². The molecule has 0 aliphatic rings. The quantitative estimate of drug-likeness (QED) is 0.516. The maximum Gasteiger partial charge on any atom is 0.329 e. The number of carbonyl (C=O) groups excluding carboxylic acids is 3. The minimum Gasteiger partial charge on any atom is -0.451 e. The van der Waals surface area contributed by atoms with Gasteiger partial charge >= 0.3 is 5.97 Å². The van der Waals surface area contributed by atoms with Crippen LogP contribution in [0.1, 0.15) is 22.8 Å². The van der Waals surface area contributed by atoms with E-state index in [1.165, 1.54) is 6.92 Å². The molecule has 3 rings (SSSR count). The molecule has 29 heavy (non-hydrogen) atoms. The van der Waals surface area contributed by atoms with Gasteiger partial charge in [-0.2, -0.15) is 0 Å². The number of nitrogens with two attached hydrogens (primary N) is 1. The molecule has 0 spiro atoms. The Balaban J connectivity index is 1.86. The average molecular weight is 414 g/mol. The molecule has 0 fully saturated rings. The second-order valence-corrected chi connectivity index (χ2v) is 6.96. The lowest BCUT2D eigenvalue weighted by atomic mass is 10.0. The van der Waals surface area contributed by atoms with Gasteiger partial charge in [-0.3, -0.25) is 9.59 Å². The molecular formula is C21H20ClN3O4. The fourth-order valence-electron chi connectivity index (χ4n) is 2.91. The summed E-state index contributed by atoms with van der Waals surface area (Å²) in [6.45, 7) is 1.37. The van der Waals surface area contributed by atoms with Gasteiger partial charge in [-0.05, 0) is 30.7 Å². The number of para-hydroxylation sites is 1. The van der Waals surface area contributed by atoms with E-state index in [0.29, 0.717) is 0 Å². The smallest absolute Gasteiger partial charge is 0.329 e. The number of amides is 2. The highest BCUT2D eigenvalue weighted by molar-refractivity contribution is 6.33. The van der Waals surface area contributed by atoms with Crippen molar-refractivity contribution in [3.05, 3.63) is 70.9 Å². The summed E-state index contributed by atoms with van der Waals surface area (Å²) >= 11 is 6.09. The van der Waals surface area contributed by atoms with Crippen LogP contribution in [0.3, 0.4) is 0 Å². The van der Waals surface area contributed by atoms with Crippen molar-refractivity contribution < 1.29 is 19.1 Å². The third-order valence-corrected chi connectivity index (χ3v) is 4.83. The van der Waals surface area contributed by atoms with Gasteiger partial charge in [-0.25, -0.2) is 4.79 Å². The molecular weight excluding hydrogens is 394 g/mol. The Morgan fingerprint density at radius 3 is 2.55 bits per heavy atom. The van der Waals surface area contributed by atoms with Crippen LogP contribution >= 0.6 is 11.6 Å². The first-order chi connectivity index (χ1) is 13.9.